The number of hydrogen-bond donors (Lipinski definition) is 1. The van der Waals surface area contributed by atoms with Gasteiger partial charge in [0, 0.05) is 16.1 Å². The molecule has 1 atom stereocenters. The first-order valence-corrected chi connectivity index (χ1v) is 8.27. The number of Topliss-reactive ketones (excluding diaryl/α,β-unsaturated/α-hetero) is 1. The second kappa shape index (κ2) is 6.50. The molecule has 0 aliphatic carbocycles. The van der Waals surface area contributed by atoms with Crippen molar-refractivity contribution < 1.29 is 14.4 Å². The minimum atomic E-state index is -1.32. The van der Waals surface area contributed by atoms with Crippen LogP contribution in [0.25, 0.3) is 0 Å². The van der Waals surface area contributed by atoms with E-state index >= 15 is 0 Å². The number of ketones is 1. The fourth-order valence-electron chi connectivity index (χ4n) is 2.81. The molecule has 1 aliphatic heterocycles. The summed E-state index contributed by atoms with van der Waals surface area (Å²) in [4.78, 5) is 38.5. The van der Waals surface area contributed by atoms with Crippen molar-refractivity contribution in [3.05, 3.63) is 69.7 Å². The van der Waals surface area contributed by atoms with Gasteiger partial charge in [-0.1, -0.05) is 53.5 Å². The van der Waals surface area contributed by atoms with Crippen molar-refractivity contribution in [2.75, 3.05) is 6.54 Å². The SMILES string of the molecule is C[C@@]1(c2ccccc2Cl)NC(=O)N(CC(=O)c2ccccc2Cl)C1=O. The third-order valence-electron chi connectivity index (χ3n) is 4.16. The molecule has 1 aliphatic rings. The first kappa shape index (κ1) is 17.5. The summed E-state index contributed by atoms with van der Waals surface area (Å²) in [6.07, 6.45) is 0. The molecule has 1 fully saturated rings. The monoisotopic (exact) mass is 376 g/mol. The van der Waals surface area contributed by atoms with Gasteiger partial charge in [0.1, 0.15) is 5.54 Å². The van der Waals surface area contributed by atoms with Crippen molar-refractivity contribution >= 4 is 40.9 Å². The topological polar surface area (TPSA) is 66.5 Å². The van der Waals surface area contributed by atoms with E-state index in [1.54, 1.807) is 55.5 Å². The normalized spacial score (nSPS) is 19.9. The first-order valence-electron chi connectivity index (χ1n) is 7.51. The minimum absolute atomic E-state index is 0.260. The second-order valence-corrected chi connectivity index (χ2v) is 6.64. The number of nitrogens with zero attached hydrogens (tertiary/aromatic N) is 1. The highest BCUT2D eigenvalue weighted by molar-refractivity contribution is 6.34. The molecule has 2 aromatic carbocycles. The van der Waals surface area contributed by atoms with Gasteiger partial charge in [0.15, 0.2) is 5.78 Å². The maximum Gasteiger partial charge on any atom is 0.325 e. The summed E-state index contributed by atoms with van der Waals surface area (Å²) in [5.41, 5.74) is -0.588. The van der Waals surface area contributed by atoms with E-state index in [0.29, 0.717) is 10.6 Å². The van der Waals surface area contributed by atoms with Gasteiger partial charge in [-0.3, -0.25) is 14.5 Å². The Labute approximate surface area is 154 Å². The Hall–Kier alpha value is -2.37. The Morgan fingerprint density at radius 3 is 2.28 bits per heavy atom. The number of urea groups is 1. The van der Waals surface area contributed by atoms with Gasteiger partial charge < -0.3 is 5.32 Å². The van der Waals surface area contributed by atoms with Gasteiger partial charge in [0.25, 0.3) is 5.91 Å². The average Bonchev–Trinajstić information content (AvgIpc) is 2.79. The lowest BCUT2D eigenvalue weighted by molar-refractivity contribution is -0.130. The molecule has 2 aromatic rings. The summed E-state index contributed by atoms with van der Waals surface area (Å²) in [5.74, 6) is -0.955. The fourth-order valence-corrected chi connectivity index (χ4v) is 3.37. The summed E-state index contributed by atoms with van der Waals surface area (Å²) in [7, 11) is 0. The lowest BCUT2D eigenvalue weighted by Gasteiger charge is -2.23. The van der Waals surface area contributed by atoms with Crippen LogP contribution < -0.4 is 5.32 Å². The number of imide groups is 1. The van der Waals surface area contributed by atoms with Crippen LogP contribution >= 0.6 is 23.2 Å². The van der Waals surface area contributed by atoms with E-state index in [0.717, 1.165) is 4.90 Å². The van der Waals surface area contributed by atoms with Crippen LogP contribution in [0.2, 0.25) is 10.0 Å². The zero-order chi connectivity index (χ0) is 18.2. The van der Waals surface area contributed by atoms with E-state index in [-0.39, 0.29) is 10.6 Å². The van der Waals surface area contributed by atoms with E-state index < -0.39 is 29.8 Å². The molecule has 1 heterocycles. The minimum Gasteiger partial charge on any atom is -0.319 e. The van der Waals surface area contributed by atoms with Gasteiger partial charge in [-0.15, -0.1) is 0 Å². The highest BCUT2D eigenvalue weighted by Crippen LogP contribution is 2.33. The van der Waals surface area contributed by atoms with Crippen LogP contribution in [0.3, 0.4) is 0 Å². The lowest BCUT2D eigenvalue weighted by Crippen LogP contribution is -2.41. The molecule has 0 bridgehead atoms. The quantitative estimate of drug-likeness (QED) is 0.654. The summed E-state index contributed by atoms with van der Waals surface area (Å²) in [6.45, 7) is 1.17. The highest BCUT2D eigenvalue weighted by atomic mass is 35.5. The number of rotatable bonds is 4. The average molecular weight is 377 g/mol. The number of carbonyl (C=O) groups is 3. The molecule has 0 spiro atoms. The summed E-state index contributed by atoms with van der Waals surface area (Å²) in [5, 5.41) is 3.26. The summed E-state index contributed by atoms with van der Waals surface area (Å²) >= 11 is 12.2. The van der Waals surface area contributed by atoms with Gasteiger partial charge in [-0.25, -0.2) is 4.79 Å². The molecule has 0 aromatic heterocycles. The maximum absolute atomic E-state index is 12.8. The zero-order valence-electron chi connectivity index (χ0n) is 13.3. The number of carbonyl (C=O) groups excluding carboxylic acids is 3. The van der Waals surface area contributed by atoms with Crippen molar-refractivity contribution in [1.82, 2.24) is 10.2 Å². The van der Waals surface area contributed by atoms with Crippen molar-refractivity contribution in [2.45, 2.75) is 12.5 Å². The van der Waals surface area contributed by atoms with Crippen molar-refractivity contribution in [1.29, 1.82) is 0 Å². The van der Waals surface area contributed by atoms with Gasteiger partial charge >= 0.3 is 6.03 Å². The number of benzene rings is 2. The molecule has 0 radical (unpaired) electrons. The van der Waals surface area contributed by atoms with Crippen LogP contribution in [0, 0.1) is 0 Å². The van der Waals surface area contributed by atoms with E-state index in [1.807, 2.05) is 0 Å². The molecule has 0 unspecified atom stereocenters. The molecule has 1 N–H and O–H groups in total. The Morgan fingerprint density at radius 2 is 1.64 bits per heavy atom. The smallest absolute Gasteiger partial charge is 0.319 e. The second-order valence-electron chi connectivity index (χ2n) is 5.83. The fraction of sp³-hybridized carbons (Fsp3) is 0.167. The predicted molar refractivity (Wildman–Crippen MR) is 94.8 cm³/mol. The molecule has 1 saturated heterocycles. The van der Waals surface area contributed by atoms with Gasteiger partial charge in [0.2, 0.25) is 0 Å². The van der Waals surface area contributed by atoms with Crippen LogP contribution in [0.15, 0.2) is 48.5 Å². The molecular weight excluding hydrogens is 363 g/mol. The van der Waals surface area contributed by atoms with Gasteiger partial charge in [0.05, 0.1) is 11.6 Å². The van der Waals surface area contributed by atoms with Crippen LogP contribution in [0.1, 0.15) is 22.8 Å². The third-order valence-corrected chi connectivity index (χ3v) is 4.82. The number of hydrogen-bond acceptors (Lipinski definition) is 3. The molecule has 3 rings (SSSR count). The van der Waals surface area contributed by atoms with E-state index in [1.165, 1.54) is 0 Å². The summed E-state index contributed by atoms with van der Waals surface area (Å²) < 4.78 is 0. The van der Waals surface area contributed by atoms with Crippen LogP contribution in [-0.4, -0.2) is 29.2 Å². The first-order chi connectivity index (χ1) is 11.8. The molecule has 5 nitrogen and oxygen atoms in total. The Kier molecular flexibility index (Phi) is 4.54. The van der Waals surface area contributed by atoms with E-state index in [9.17, 15) is 14.4 Å². The molecule has 3 amide bonds. The molecular formula is C18H14Cl2N2O3. The largest absolute Gasteiger partial charge is 0.325 e. The number of amides is 3. The van der Waals surface area contributed by atoms with Crippen molar-refractivity contribution in [2.24, 2.45) is 0 Å². The number of halogens is 2. The Balaban J connectivity index is 1.89. The molecule has 0 saturated carbocycles. The highest BCUT2D eigenvalue weighted by Gasteiger charge is 2.50. The molecule has 7 heteroatoms. The lowest BCUT2D eigenvalue weighted by atomic mass is 9.92. The summed E-state index contributed by atoms with van der Waals surface area (Å²) in [6, 6.07) is 12.6. The Morgan fingerprint density at radius 1 is 1.04 bits per heavy atom. The van der Waals surface area contributed by atoms with Crippen molar-refractivity contribution in [3.8, 4) is 0 Å². The van der Waals surface area contributed by atoms with E-state index in [4.69, 9.17) is 23.2 Å². The van der Waals surface area contributed by atoms with Crippen molar-refractivity contribution in [3.63, 3.8) is 0 Å². The Bertz CT molecular complexity index is 884. The predicted octanol–water partition coefficient (Wildman–Crippen LogP) is 3.64. The maximum atomic E-state index is 12.8. The van der Waals surface area contributed by atoms with Gasteiger partial charge in [-0.05, 0) is 25.1 Å². The van der Waals surface area contributed by atoms with Gasteiger partial charge in [-0.2, -0.15) is 0 Å². The van der Waals surface area contributed by atoms with Crippen LogP contribution in [0.4, 0.5) is 4.79 Å². The zero-order valence-corrected chi connectivity index (χ0v) is 14.8. The van der Waals surface area contributed by atoms with Crippen LogP contribution in [-0.2, 0) is 10.3 Å². The third kappa shape index (κ3) is 3.01. The van der Waals surface area contributed by atoms with Crippen LogP contribution in [0.5, 0.6) is 0 Å². The number of nitrogens with one attached hydrogen (secondary N) is 1. The standard InChI is InChI=1S/C18H14Cl2N2O3/c1-18(12-7-3-5-9-14(12)20)16(24)22(17(25)21-18)10-15(23)11-6-2-4-8-13(11)19/h2-9H,10H2,1H3,(H,21,25)/t18-/m0/s1. The van der Waals surface area contributed by atoms with E-state index in [2.05, 4.69) is 5.32 Å². The molecule has 25 heavy (non-hydrogen) atoms. The molecule has 128 valence electrons.